The molecule has 0 radical (unpaired) electrons. The number of carbonyl (C=O) groups excluding carboxylic acids is 2. The molecule has 1 aliphatic rings. The first-order valence-corrected chi connectivity index (χ1v) is 9.82. The van der Waals surface area contributed by atoms with Crippen molar-refractivity contribution in [3.05, 3.63) is 77.1 Å². The Morgan fingerprint density at radius 1 is 1.03 bits per heavy atom. The topological polar surface area (TPSA) is 76.0 Å². The van der Waals surface area contributed by atoms with Crippen molar-refractivity contribution in [2.45, 2.75) is 39.2 Å². The number of hydrogen-bond acceptors (Lipinski definition) is 3. The van der Waals surface area contributed by atoms with Crippen molar-refractivity contribution < 1.29 is 9.59 Å². The molecule has 4 rings (SSSR count). The maximum atomic E-state index is 12.6. The number of rotatable bonds is 6. The average molecular weight is 388 g/mol. The van der Waals surface area contributed by atoms with E-state index < -0.39 is 0 Å². The fourth-order valence-corrected chi connectivity index (χ4v) is 3.32. The molecule has 0 saturated heterocycles. The fourth-order valence-electron chi connectivity index (χ4n) is 3.32. The summed E-state index contributed by atoms with van der Waals surface area (Å²) in [6.07, 6.45) is 2.35. The molecule has 6 nitrogen and oxygen atoms in total. The van der Waals surface area contributed by atoms with Crippen LogP contribution in [0.4, 0.5) is 5.69 Å². The lowest BCUT2D eigenvalue weighted by Crippen LogP contribution is -2.25. The Morgan fingerprint density at radius 3 is 2.38 bits per heavy atom. The van der Waals surface area contributed by atoms with Crippen LogP contribution in [0.2, 0.25) is 0 Å². The van der Waals surface area contributed by atoms with Gasteiger partial charge in [0.25, 0.3) is 5.91 Å². The first-order chi connectivity index (χ1) is 14.0. The monoisotopic (exact) mass is 388 g/mol. The number of aromatic nitrogens is 2. The zero-order chi connectivity index (χ0) is 20.4. The van der Waals surface area contributed by atoms with Gasteiger partial charge in [-0.1, -0.05) is 18.2 Å². The molecule has 1 heterocycles. The third-order valence-electron chi connectivity index (χ3n) is 5.12. The van der Waals surface area contributed by atoms with Crippen LogP contribution >= 0.6 is 0 Å². The van der Waals surface area contributed by atoms with E-state index in [0.717, 1.165) is 35.5 Å². The molecule has 29 heavy (non-hydrogen) atoms. The van der Waals surface area contributed by atoms with Gasteiger partial charge in [-0.05, 0) is 63.1 Å². The smallest absolute Gasteiger partial charge is 0.251 e. The summed E-state index contributed by atoms with van der Waals surface area (Å²) in [5, 5.41) is 10.5. The molecule has 0 unspecified atom stereocenters. The van der Waals surface area contributed by atoms with E-state index in [1.165, 1.54) is 0 Å². The molecule has 0 bridgehead atoms. The van der Waals surface area contributed by atoms with Crippen LogP contribution in [0, 0.1) is 13.8 Å². The molecular weight excluding hydrogens is 364 g/mol. The van der Waals surface area contributed by atoms with Crippen molar-refractivity contribution in [1.82, 2.24) is 15.1 Å². The number of anilines is 1. The highest BCUT2D eigenvalue weighted by atomic mass is 16.2. The summed E-state index contributed by atoms with van der Waals surface area (Å²) in [6.45, 7) is 3.89. The number of hydrogen-bond donors (Lipinski definition) is 2. The first kappa shape index (κ1) is 18.9. The third-order valence-corrected chi connectivity index (χ3v) is 5.12. The molecule has 1 saturated carbocycles. The van der Waals surface area contributed by atoms with E-state index in [1.54, 1.807) is 24.3 Å². The number of nitrogens with zero attached hydrogens (tertiary/aromatic N) is 2. The van der Waals surface area contributed by atoms with Crippen LogP contribution in [0.5, 0.6) is 0 Å². The fraction of sp³-hybridized carbons (Fsp3) is 0.261. The summed E-state index contributed by atoms with van der Waals surface area (Å²) in [4.78, 5) is 24.6. The normalized spacial score (nSPS) is 13.2. The van der Waals surface area contributed by atoms with E-state index in [0.29, 0.717) is 17.3 Å². The van der Waals surface area contributed by atoms with Gasteiger partial charge in [-0.15, -0.1) is 0 Å². The zero-order valence-electron chi connectivity index (χ0n) is 16.6. The van der Waals surface area contributed by atoms with Gasteiger partial charge in [-0.2, -0.15) is 5.10 Å². The quantitative estimate of drug-likeness (QED) is 0.678. The number of para-hydroxylation sites is 1. The van der Waals surface area contributed by atoms with E-state index >= 15 is 0 Å². The molecule has 0 aliphatic heterocycles. The number of carbonyl (C=O) groups is 2. The number of nitrogens with one attached hydrogen (secondary N) is 2. The molecule has 1 aliphatic carbocycles. The van der Waals surface area contributed by atoms with E-state index in [1.807, 2.05) is 48.9 Å². The predicted molar refractivity (Wildman–Crippen MR) is 112 cm³/mol. The molecule has 2 aromatic carbocycles. The lowest BCUT2D eigenvalue weighted by Gasteiger charge is -2.08. The largest absolute Gasteiger partial charge is 0.349 e. The van der Waals surface area contributed by atoms with Gasteiger partial charge in [-0.25, -0.2) is 4.68 Å². The molecule has 2 amide bonds. The molecule has 3 aromatic rings. The van der Waals surface area contributed by atoms with Crippen molar-refractivity contribution in [1.29, 1.82) is 0 Å². The predicted octanol–water partition coefficient (Wildman–Crippen LogP) is 3.56. The van der Waals surface area contributed by atoms with Crippen molar-refractivity contribution in [2.75, 3.05) is 5.32 Å². The van der Waals surface area contributed by atoms with Crippen LogP contribution < -0.4 is 10.6 Å². The van der Waals surface area contributed by atoms with Gasteiger partial charge >= 0.3 is 0 Å². The highest BCUT2D eigenvalue weighted by Crippen LogP contribution is 2.21. The molecule has 148 valence electrons. The molecule has 6 heteroatoms. The second kappa shape index (κ2) is 7.91. The minimum atomic E-state index is -0.112. The Bertz CT molecular complexity index is 1030. The standard InChI is InChI=1S/C23H24N4O2/c1-15-21(16(2)27(26-15)20-6-4-3-5-7-20)14-22(28)24-18-10-8-17(9-11-18)23(29)25-19-12-13-19/h3-11,19H,12-14H2,1-2H3,(H,24,28)(H,25,29). The highest BCUT2D eigenvalue weighted by molar-refractivity contribution is 5.96. The van der Waals surface area contributed by atoms with E-state index in [-0.39, 0.29) is 18.2 Å². The molecule has 0 atom stereocenters. The number of amides is 2. The van der Waals surface area contributed by atoms with Crippen LogP contribution in [0.1, 0.15) is 40.2 Å². The third kappa shape index (κ3) is 4.37. The van der Waals surface area contributed by atoms with Crippen molar-refractivity contribution >= 4 is 17.5 Å². The van der Waals surface area contributed by atoms with Crippen LogP contribution in [-0.2, 0) is 11.2 Å². The summed E-state index contributed by atoms with van der Waals surface area (Å²) in [5.74, 6) is -0.177. The Balaban J connectivity index is 1.42. The maximum Gasteiger partial charge on any atom is 0.251 e. The minimum absolute atomic E-state index is 0.0649. The Kier molecular flexibility index (Phi) is 5.16. The SMILES string of the molecule is Cc1nn(-c2ccccc2)c(C)c1CC(=O)Nc1ccc(C(=O)NC2CC2)cc1. The summed E-state index contributed by atoms with van der Waals surface area (Å²) in [5.41, 5.74) is 4.96. The highest BCUT2D eigenvalue weighted by Gasteiger charge is 2.23. The van der Waals surface area contributed by atoms with Gasteiger partial charge in [0.1, 0.15) is 0 Å². The summed E-state index contributed by atoms with van der Waals surface area (Å²) < 4.78 is 1.87. The van der Waals surface area contributed by atoms with Gasteiger partial charge in [-0.3, -0.25) is 9.59 Å². The van der Waals surface area contributed by atoms with E-state index in [4.69, 9.17) is 0 Å². The summed E-state index contributed by atoms with van der Waals surface area (Å²) in [6, 6.07) is 17.2. The summed E-state index contributed by atoms with van der Waals surface area (Å²) in [7, 11) is 0. The molecule has 0 spiro atoms. The van der Waals surface area contributed by atoms with Gasteiger partial charge in [0, 0.05) is 28.6 Å². The van der Waals surface area contributed by atoms with Crippen LogP contribution in [0.3, 0.4) is 0 Å². The van der Waals surface area contributed by atoms with Crippen LogP contribution in [0.15, 0.2) is 54.6 Å². The van der Waals surface area contributed by atoms with Gasteiger partial charge in [0.15, 0.2) is 0 Å². The van der Waals surface area contributed by atoms with Crippen LogP contribution in [0.25, 0.3) is 5.69 Å². The van der Waals surface area contributed by atoms with E-state index in [9.17, 15) is 9.59 Å². The number of benzene rings is 2. The molecule has 1 aromatic heterocycles. The second-order valence-electron chi connectivity index (χ2n) is 7.45. The number of aryl methyl sites for hydroxylation is 1. The maximum absolute atomic E-state index is 12.6. The first-order valence-electron chi connectivity index (χ1n) is 9.82. The van der Waals surface area contributed by atoms with Gasteiger partial charge < -0.3 is 10.6 Å². The summed E-state index contributed by atoms with van der Waals surface area (Å²) >= 11 is 0. The lowest BCUT2D eigenvalue weighted by atomic mass is 10.1. The zero-order valence-corrected chi connectivity index (χ0v) is 16.6. The Morgan fingerprint density at radius 2 is 1.72 bits per heavy atom. The molecule has 2 N–H and O–H groups in total. The lowest BCUT2D eigenvalue weighted by molar-refractivity contribution is -0.115. The minimum Gasteiger partial charge on any atom is -0.349 e. The van der Waals surface area contributed by atoms with Gasteiger partial charge in [0.05, 0.1) is 17.8 Å². The van der Waals surface area contributed by atoms with Crippen molar-refractivity contribution in [2.24, 2.45) is 0 Å². The Labute approximate surface area is 169 Å². The molecular formula is C23H24N4O2. The Hall–Kier alpha value is -3.41. The van der Waals surface area contributed by atoms with Crippen molar-refractivity contribution in [3.63, 3.8) is 0 Å². The van der Waals surface area contributed by atoms with E-state index in [2.05, 4.69) is 15.7 Å². The van der Waals surface area contributed by atoms with Crippen molar-refractivity contribution in [3.8, 4) is 5.69 Å². The van der Waals surface area contributed by atoms with Crippen LogP contribution in [-0.4, -0.2) is 27.6 Å². The second-order valence-corrected chi connectivity index (χ2v) is 7.45. The van der Waals surface area contributed by atoms with Gasteiger partial charge in [0.2, 0.25) is 5.91 Å². The average Bonchev–Trinajstić information content (AvgIpc) is 3.50. The molecule has 1 fully saturated rings.